The molecule has 0 aliphatic heterocycles. The minimum absolute atomic E-state index is 0.234. The first kappa shape index (κ1) is 19.6. The van der Waals surface area contributed by atoms with E-state index in [1.54, 1.807) is 17.1 Å². The number of rotatable bonds is 5. The monoisotopic (exact) mass is 399 g/mol. The maximum Gasteiger partial charge on any atom is 0.271 e. The van der Waals surface area contributed by atoms with E-state index in [0.717, 1.165) is 28.7 Å². The first-order valence-electron chi connectivity index (χ1n) is 9.91. The van der Waals surface area contributed by atoms with Crippen LogP contribution in [-0.4, -0.2) is 26.5 Å². The van der Waals surface area contributed by atoms with Gasteiger partial charge in [-0.25, -0.2) is 5.43 Å². The Labute approximate surface area is 175 Å². The Morgan fingerprint density at radius 3 is 2.57 bits per heavy atom. The lowest BCUT2D eigenvalue weighted by molar-refractivity contribution is 0.0955. The molecule has 1 amide bonds. The molecule has 6 heteroatoms. The van der Waals surface area contributed by atoms with Gasteiger partial charge in [0.1, 0.15) is 0 Å². The van der Waals surface area contributed by atoms with Crippen LogP contribution in [0.25, 0.3) is 10.9 Å². The molecule has 2 aromatic heterocycles. The molecule has 0 radical (unpaired) electrons. The van der Waals surface area contributed by atoms with Crippen LogP contribution in [0, 0.1) is 20.8 Å². The van der Waals surface area contributed by atoms with Crippen molar-refractivity contribution in [3.8, 4) is 0 Å². The van der Waals surface area contributed by atoms with E-state index in [9.17, 15) is 4.79 Å². The van der Waals surface area contributed by atoms with Gasteiger partial charge in [0.2, 0.25) is 0 Å². The zero-order chi connectivity index (χ0) is 21.3. The second kappa shape index (κ2) is 7.99. The number of amides is 1. The van der Waals surface area contributed by atoms with E-state index in [0.29, 0.717) is 5.56 Å². The summed E-state index contributed by atoms with van der Waals surface area (Å²) in [6.45, 7) is 6.98. The Hall–Kier alpha value is -3.67. The van der Waals surface area contributed by atoms with E-state index in [1.807, 2.05) is 38.2 Å². The maximum atomic E-state index is 12.6. The van der Waals surface area contributed by atoms with Crippen LogP contribution in [-0.2, 0) is 13.6 Å². The van der Waals surface area contributed by atoms with Crippen molar-refractivity contribution in [2.24, 2.45) is 12.1 Å². The first-order valence-corrected chi connectivity index (χ1v) is 9.91. The fourth-order valence-corrected chi connectivity index (χ4v) is 3.63. The summed E-state index contributed by atoms with van der Waals surface area (Å²) in [4.78, 5) is 12.6. The summed E-state index contributed by atoms with van der Waals surface area (Å²) in [6.07, 6.45) is 3.34. The molecule has 0 aliphatic carbocycles. The number of hydrogen-bond donors (Lipinski definition) is 1. The zero-order valence-corrected chi connectivity index (χ0v) is 17.7. The molecule has 0 spiro atoms. The lowest BCUT2D eigenvalue weighted by Crippen LogP contribution is -2.17. The highest BCUT2D eigenvalue weighted by molar-refractivity contribution is 5.99. The number of carbonyl (C=O) groups excluding carboxylic acids is 1. The van der Waals surface area contributed by atoms with Crippen LogP contribution in [0.2, 0.25) is 0 Å². The van der Waals surface area contributed by atoms with Crippen molar-refractivity contribution in [3.63, 3.8) is 0 Å². The summed E-state index contributed by atoms with van der Waals surface area (Å²) >= 11 is 0. The summed E-state index contributed by atoms with van der Waals surface area (Å²) in [5, 5.41) is 9.34. The van der Waals surface area contributed by atoms with Crippen LogP contribution in [0.3, 0.4) is 0 Å². The van der Waals surface area contributed by atoms with Crippen molar-refractivity contribution in [3.05, 3.63) is 88.4 Å². The Morgan fingerprint density at radius 1 is 1.10 bits per heavy atom. The van der Waals surface area contributed by atoms with E-state index in [-0.39, 0.29) is 5.91 Å². The molecule has 0 saturated carbocycles. The minimum Gasteiger partial charge on any atom is -0.340 e. The van der Waals surface area contributed by atoms with E-state index in [1.165, 1.54) is 16.8 Å². The molecule has 30 heavy (non-hydrogen) atoms. The van der Waals surface area contributed by atoms with E-state index in [2.05, 4.69) is 58.3 Å². The number of hydrazone groups is 1. The molecule has 0 unspecified atom stereocenters. The van der Waals surface area contributed by atoms with Gasteiger partial charge in [0.25, 0.3) is 5.91 Å². The largest absolute Gasteiger partial charge is 0.340 e. The zero-order valence-electron chi connectivity index (χ0n) is 17.7. The standard InChI is InChI=1S/C24H25N5O/c1-16-17(2)29(15-19-8-6-5-7-9-19)23-11-10-20(12-22(16)23)24(30)27-25-13-21-14-26-28(4)18(21)3/h5-14H,15H2,1-4H3,(H,27,30). The van der Waals surface area contributed by atoms with Crippen molar-refractivity contribution in [2.75, 3.05) is 0 Å². The molecule has 4 aromatic rings. The molecule has 0 bridgehead atoms. The average molecular weight is 399 g/mol. The second-order valence-electron chi connectivity index (χ2n) is 7.52. The summed E-state index contributed by atoms with van der Waals surface area (Å²) in [6, 6.07) is 16.2. The molecule has 0 aliphatic rings. The molecule has 2 heterocycles. The van der Waals surface area contributed by atoms with Gasteiger partial charge in [0, 0.05) is 47.0 Å². The van der Waals surface area contributed by atoms with Gasteiger partial charge in [-0.2, -0.15) is 10.2 Å². The fraction of sp³-hybridized carbons (Fsp3) is 0.208. The molecule has 0 fully saturated rings. The smallest absolute Gasteiger partial charge is 0.271 e. The highest BCUT2D eigenvalue weighted by atomic mass is 16.2. The summed E-state index contributed by atoms with van der Waals surface area (Å²) in [5.74, 6) is -0.234. The van der Waals surface area contributed by atoms with Crippen LogP contribution in [0.15, 0.2) is 59.8 Å². The molecule has 1 N–H and O–H groups in total. The van der Waals surface area contributed by atoms with E-state index in [4.69, 9.17) is 0 Å². The SMILES string of the molecule is Cc1c(C)n(Cc2ccccc2)c2ccc(C(=O)NN=Cc3cnn(C)c3C)cc12. The normalized spacial score (nSPS) is 11.5. The highest BCUT2D eigenvalue weighted by Crippen LogP contribution is 2.27. The number of fused-ring (bicyclic) bond motifs is 1. The number of aromatic nitrogens is 3. The molecule has 2 aromatic carbocycles. The van der Waals surface area contributed by atoms with Gasteiger partial charge >= 0.3 is 0 Å². The summed E-state index contributed by atoms with van der Waals surface area (Å²) in [5.41, 5.74) is 9.83. The number of aryl methyl sites for hydroxylation is 2. The lowest BCUT2D eigenvalue weighted by atomic mass is 10.1. The number of nitrogens with one attached hydrogen (secondary N) is 1. The third-order valence-corrected chi connectivity index (χ3v) is 5.73. The van der Waals surface area contributed by atoms with Gasteiger partial charge in [0.05, 0.1) is 12.4 Å². The first-order chi connectivity index (χ1) is 14.5. The second-order valence-corrected chi connectivity index (χ2v) is 7.52. The van der Waals surface area contributed by atoms with Crippen LogP contribution >= 0.6 is 0 Å². The van der Waals surface area contributed by atoms with Gasteiger partial charge in [-0.15, -0.1) is 0 Å². The van der Waals surface area contributed by atoms with Crippen molar-refractivity contribution in [2.45, 2.75) is 27.3 Å². The third-order valence-electron chi connectivity index (χ3n) is 5.73. The van der Waals surface area contributed by atoms with E-state index < -0.39 is 0 Å². The molecule has 0 atom stereocenters. The number of hydrogen-bond acceptors (Lipinski definition) is 3. The maximum absolute atomic E-state index is 12.6. The Balaban J connectivity index is 1.58. The van der Waals surface area contributed by atoms with Gasteiger partial charge < -0.3 is 4.57 Å². The Morgan fingerprint density at radius 2 is 1.87 bits per heavy atom. The van der Waals surface area contributed by atoms with Gasteiger partial charge in [-0.3, -0.25) is 9.48 Å². The predicted octanol–water partition coefficient (Wildman–Crippen LogP) is 4.11. The Bertz CT molecular complexity index is 1250. The van der Waals surface area contributed by atoms with Crippen molar-refractivity contribution < 1.29 is 4.79 Å². The van der Waals surface area contributed by atoms with Crippen molar-refractivity contribution >= 4 is 23.0 Å². The van der Waals surface area contributed by atoms with Crippen LogP contribution in [0.4, 0.5) is 0 Å². The van der Waals surface area contributed by atoms with Crippen molar-refractivity contribution in [1.29, 1.82) is 0 Å². The summed E-state index contributed by atoms with van der Waals surface area (Å²) in [7, 11) is 1.87. The number of benzene rings is 2. The molecular formula is C24H25N5O. The average Bonchev–Trinajstić information content (AvgIpc) is 3.20. The minimum atomic E-state index is -0.234. The number of carbonyl (C=O) groups is 1. The lowest BCUT2D eigenvalue weighted by Gasteiger charge is -2.09. The van der Waals surface area contributed by atoms with Crippen LogP contribution in [0.1, 0.15) is 38.4 Å². The highest BCUT2D eigenvalue weighted by Gasteiger charge is 2.14. The molecule has 6 nitrogen and oxygen atoms in total. The van der Waals surface area contributed by atoms with Gasteiger partial charge in [0.15, 0.2) is 0 Å². The van der Waals surface area contributed by atoms with Crippen molar-refractivity contribution in [1.82, 2.24) is 19.8 Å². The predicted molar refractivity (Wildman–Crippen MR) is 120 cm³/mol. The van der Waals surface area contributed by atoms with Crippen LogP contribution in [0.5, 0.6) is 0 Å². The van der Waals surface area contributed by atoms with Gasteiger partial charge in [-0.05, 0) is 50.1 Å². The van der Waals surface area contributed by atoms with Gasteiger partial charge in [-0.1, -0.05) is 30.3 Å². The van der Waals surface area contributed by atoms with Crippen LogP contribution < -0.4 is 5.43 Å². The fourth-order valence-electron chi connectivity index (χ4n) is 3.63. The molecule has 152 valence electrons. The molecule has 0 saturated heterocycles. The van der Waals surface area contributed by atoms with E-state index >= 15 is 0 Å². The summed E-state index contributed by atoms with van der Waals surface area (Å²) < 4.78 is 4.06. The Kier molecular flexibility index (Phi) is 5.23. The number of nitrogens with zero attached hydrogens (tertiary/aromatic N) is 4. The molecule has 4 rings (SSSR count). The quantitative estimate of drug-likeness (QED) is 0.405. The topological polar surface area (TPSA) is 64.2 Å². The third kappa shape index (κ3) is 3.64. The molecular weight excluding hydrogens is 374 g/mol.